The van der Waals surface area contributed by atoms with Crippen LogP contribution in [0.25, 0.3) is 0 Å². The number of carbonyl (C=O) groups excluding carboxylic acids is 1. The fraction of sp³-hybridized carbons (Fsp3) is 0.750. The third kappa shape index (κ3) is 4.38. The van der Waals surface area contributed by atoms with Crippen molar-refractivity contribution in [1.29, 1.82) is 0 Å². The van der Waals surface area contributed by atoms with E-state index in [0.29, 0.717) is 0 Å². The molecule has 0 aromatic rings. The fourth-order valence-electron chi connectivity index (χ4n) is 0.491. The molecule has 0 aromatic heterocycles. The molecule has 0 rings (SSSR count). The summed E-state index contributed by atoms with van der Waals surface area (Å²) in [5, 5.41) is 8.23. The van der Waals surface area contributed by atoms with Crippen molar-refractivity contribution in [1.82, 2.24) is 0 Å². The molecule has 0 radical (unpaired) electrons. The lowest BCUT2D eigenvalue weighted by Crippen LogP contribution is -2.22. The zero-order chi connectivity index (χ0) is 9.94. The van der Waals surface area contributed by atoms with Gasteiger partial charge < -0.3 is 5.11 Å². The predicted molar refractivity (Wildman–Crippen MR) is 49.2 cm³/mol. The number of carboxylic acids is 1. The molecule has 0 aliphatic heterocycles. The van der Waals surface area contributed by atoms with Gasteiger partial charge in [-0.05, 0) is 6.92 Å². The number of hydrogen-bond acceptors (Lipinski definition) is 3. The first-order valence-corrected chi connectivity index (χ1v) is 4.51. The molecule has 0 heterocycles. The molecule has 1 N–H and O–H groups in total. The van der Waals surface area contributed by atoms with E-state index in [0.717, 1.165) is 11.8 Å². The van der Waals surface area contributed by atoms with Crippen LogP contribution in [0.5, 0.6) is 0 Å². The molecule has 0 saturated carbocycles. The van der Waals surface area contributed by atoms with Gasteiger partial charge in [-0.2, -0.15) is 0 Å². The van der Waals surface area contributed by atoms with E-state index >= 15 is 0 Å². The number of rotatable bonds is 2. The van der Waals surface area contributed by atoms with Crippen LogP contribution in [-0.2, 0) is 9.59 Å². The van der Waals surface area contributed by atoms with Gasteiger partial charge in [0.15, 0.2) is 0 Å². The lowest BCUT2D eigenvalue weighted by molar-refractivity contribution is -0.143. The Morgan fingerprint density at radius 3 is 2.00 bits per heavy atom. The second kappa shape index (κ2) is 3.94. The Balaban J connectivity index is 4.15. The summed E-state index contributed by atoms with van der Waals surface area (Å²) in [5.41, 5.74) is 0. The van der Waals surface area contributed by atoms with Gasteiger partial charge in [-0.1, -0.05) is 32.5 Å². The van der Waals surface area contributed by atoms with E-state index in [-0.39, 0.29) is 9.86 Å². The zero-order valence-electron chi connectivity index (χ0n) is 7.75. The van der Waals surface area contributed by atoms with Gasteiger partial charge in [0.1, 0.15) is 5.92 Å². The minimum absolute atomic E-state index is 0.208. The first-order valence-electron chi connectivity index (χ1n) is 3.69. The summed E-state index contributed by atoms with van der Waals surface area (Å²) in [5.74, 6) is -1.97. The molecular weight excluding hydrogens is 176 g/mol. The van der Waals surface area contributed by atoms with Crippen LogP contribution >= 0.6 is 11.8 Å². The van der Waals surface area contributed by atoms with E-state index in [1.165, 1.54) is 6.92 Å². The van der Waals surface area contributed by atoms with Crippen LogP contribution in [0.4, 0.5) is 0 Å². The Morgan fingerprint density at radius 2 is 1.75 bits per heavy atom. The minimum atomic E-state index is -1.06. The van der Waals surface area contributed by atoms with Crippen LogP contribution in [0.15, 0.2) is 0 Å². The molecule has 70 valence electrons. The average molecular weight is 190 g/mol. The molecule has 0 aromatic carbocycles. The van der Waals surface area contributed by atoms with Gasteiger partial charge in [0.25, 0.3) is 0 Å². The SMILES string of the molecule is C[C@@H](C(=O)O)C(=O)SC(C)(C)C. The number of carbonyl (C=O) groups is 2. The second-order valence-corrected chi connectivity index (χ2v) is 5.42. The van der Waals surface area contributed by atoms with Crippen molar-refractivity contribution in [3.05, 3.63) is 0 Å². The van der Waals surface area contributed by atoms with E-state index in [9.17, 15) is 9.59 Å². The quantitative estimate of drug-likeness (QED) is 0.674. The number of aliphatic carboxylic acids is 1. The molecule has 0 aliphatic rings. The summed E-state index contributed by atoms with van der Waals surface area (Å²) in [6, 6.07) is 0. The minimum Gasteiger partial charge on any atom is -0.481 e. The van der Waals surface area contributed by atoms with Gasteiger partial charge in [-0.25, -0.2) is 0 Å². The van der Waals surface area contributed by atoms with E-state index in [1.807, 2.05) is 20.8 Å². The van der Waals surface area contributed by atoms with Gasteiger partial charge in [0, 0.05) is 4.75 Å². The van der Waals surface area contributed by atoms with Crippen molar-refractivity contribution in [2.75, 3.05) is 0 Å². The molecule has 0 aliphatic carbocycles. The predicted octanol–water partition coefficient (Wildman–Crippen LogP) is 1.77. The maximum atomic E-state index is 11.2. The van der Waals surface area contributed by atoms with Gasteiger partial charge in [-0.3, -0.25) is 9.59 Å². The number of hydrogen-bond donors (Lipinski definition) is 1. The van der Waals surface area contributed by atoms with Crippen molar-refractivity contribution >= 4 is 22.8 Å². The maximum Gasteiger partial charge on any atom is 0.314 e. The molecule has 3 nitrogen and oxygen atoms in total. The molecule has 0 fully saturated rings. The first-order chi connectivity index (χ1) is 5.24. The van der Waals surface area contributed by atoms with E-state index in [2.05, 4.69) is 0 Å². The standard InChI is InChI=1S/C8H14O3S/c1-5(6(9)10)7(11)12-8(2,3)4/h5H,1-4H3,(H,9,10)/t5-/m0/s1. The Kier molecular flexibility index (Phi) is 3.77. The molecule has 0 amide bonds. The molecule has 0 saturated heterocycles. The largest absolute Gasteiger partial charge is 0.481 e. The number of carboxylic acid groups (broad SMARTS) is 1. The van der Waals surface area contributed by atoms with E-state index < -0.39 is 11.9 Å². The van der Waals surface area contributed by atoms with E-state index in [4.69, 9.17) is 5.11 Å². The summed E-state index contributed by atoms with van der Waals surface area (Å²) in [6.07, 6.45) is 0. The van der Waals surface area contributed by atoms with Crippen LogP contribution in [0.1, 0.15) is 27.7 Å². The third-order valence-electron chi connectivity index (χ3n) is 1.13. The van der Waals surface area contributed by atoms with E-state index in [1.54, 1.807) is 0 Å². The van der Waals surface area contributed by atoms with Crippen LogP contribution in [-0.4, -0.2) is 20.9 Å². The highest BCUT2D eigenvalue weighted by atomic mass is 32.2. The fourth-order valence-corrected chi connectivity index (χ4v) is 1.37. The normalized spacial score (nSPS) is 14.0. The summed E-state index contributed by atoms with van der Waals surface area (Å²) in [6.45, 7) is 7.04. The summed E-state index contributed by atoms with van der Waals surface area (Å²) in [4.78, 5) is 21.6. The molecule has 0 bridgehead atoms. The van der Waals surface area contributed by atoms with Gasteiger partial charge >= 0.3 is 5.97 Å². The summed E-state index contributed by atoms with van der Waals surface area (Å²) >= 11 is 1.07. The maximum absolute atomic E-state index is 11.2. The summed E-state index contributed by atoms with van der Waals surface area (Å²) < 4.78 is -0.208. The highest BCUT2D eigenvalue weighted by Gasteiger charge is 2.25. The topological polar surface area (TPSA) is 54.4 Å². The van der Waals surface area contributed by atoms with Gasteiger partial charge in [0.2, 0.25) is 5.12 Å². The smallest absolute Gasteiger partial charge is 0.314 e. The molecule has 4 heteroatoms. The van der Waals surface area contributed by atoms with Crippen LogP contribution in [0, 0.1) is 5.92 Å². The second-order valence-electron chi connectivity index (χ2n) is 3.59. The van der Waals surface area contributed by atoms with Gasteiger partial charge in [-0.15, -0.1) is 0 Å². The molecule has 12 heavy (non-hydrogen) atoms. The third-order valence-corrected chi connectivity index (χ3v) is 2.30. The van der Waals surface area contributed by atoms with Crippen molar-refractivity contribution in [2.45, 2.75) is 32.4 Å². The number of thioether (sulfide) groups is 1. The Bertz CT molecular complexity index is 193. The average Bonchev–Trinajstić information content (AvgIpc) is 1.82. The highest BCUT2D eigenvalue weighted by Crippen LogP contribution is 2.26. The monoisotopic (exact) mass is 190 g/mol. The van der Waals surface area contributed by atoms with Crippen molar-refractivity contribution < 1.29 is 14.7 Å². The Labute approximate surface area is 76.5 Å². The van der Waals surface area contributed by atoms with Crippen molar-refractivity contribution in [3.8, 4) is 0 Å². The Morgan fingerprint density at radius 1 is 1.33 bits per heavy atom. The zero-order valence-corrected chi connectivity index (χ0v) is 8.57. The van der Waals surface area contributed by atoms with Crippen molar-refractivity contribution in [3.63, 3.8) is 0 Å². The van der Waals surface area contributed by atoms with Crippen molar-refractivity contribution in [2.24, 2.45) is 5.92 Å². The molecule has 1 atom stereocenters. The summed E-state index contributed by atoms with van der Waals surface area (Å²) in [7, 11) is 0. The first kappa shape index (κ1) is 11.5. The molecule has 0 spiro atoms. The lowest BCUT2D eigenvalue weighted by atomic mass is 10.2. The highest BCUT2D eigenvalue weighted by molar-refractivity contribution is 8.14. The van der Waals surface area contributed by atoms with Crippen LogP contribution < -0.4 is 0 Å². The lowest BCUT2D eigenvalue weighted by Gasteiger charge is -2.17. The Hall–Kier alpha value is -0.510. The van der Waals surface area contributed by atoms with Gasteiger partial charge in [0.05, 0.1) is 0 Å². The van der Waals surface area contributed by atoms with Crippen LogP contribution in [0.2, 0.25) is 0 Å². The van der Waals surface area contributed by atoms with Crippen LogP contribution in [0.3, 0.4) is 0 Å². The molecule has 0 unspecified atom stereocenters. The molecular formula is C8H14O3S.